The smallest absolute Gasteiger partial charge is 0.308 e. The van der Waals surface area contributed by atoms with Crippen LogP contribution < -0.4 is 11.1 Å². The number of carbonyl (C=O) groups excluding carboxylic acids is 1. The van der Waals surface area contributed by atoms with Crippen molar-refractivity contribution >= 4 is 17.6 Å². The molecule has 4 N–H and O–H groups in total. The Labute approximate surface area is 125 Å². The largest absolute Gasteiger partial charge is 0.481 e. The molecule has 0 saturated carbocycles. The number of carboxylic acids is 1. The fourth-order valence-corrected chi connectivity index (χ4v) is 2.12. The van der Waals surface area contributed by atoms with E-state index in [1.807, 2.05) is 27.7 Å². The van der Waals surface area contributed by atoms with Crippen molar-refractivity contribution in [1.82, 2.24) is 5.32 Å². The lowest BCUT2D eigenvalue weighted by Crippen LogP contribution is -2.35. The van der Waals surface area contributed by atoms with Crippen molar-refractivity contribution in [1.29, 1.82) is 0 Å². The third kappa shape index (κ3) is 5.45. The molecule has 0 aliphatic heterocycles. The first-order chi connectivity index (χ1) is 9.60. The second-order valence-corrected chi connectivity index (χ2v) is 6.58. The third-order valence-corrected chi connectivity index (χ3v) is 3.25. The number of rotatable bonds is 5. The molecule has 0 bridgehead atoms. The fraction of sp³-hybridized carbons (Fsp3) is 0.500. The summed E-state index contributed by atoms with van der Waals surface area (Å²) >= 11 is 0. The molecule has 1 rings (SSSR count). The monoisotopic (exact) mass is 292 g/mol. The van der Waals surface area contributed by atoms with Crippen LogP contribution in [0.2, 0.25) is 0 Å². The number of carbonyl (C=O) groups is 2. The number of carboxylic acid groups (broad SMARTS) is 1. The van der Waals surface area contributed by atoms with Crippen LogP contribution in [0.15, 0.2) is 18.2 Å². The standard InChI is InChI=1S/C16H24N2O3/c1-10-7-11(5-6-13(10)17)14(19)18-9-12(15(20)21)8-16(2,3)4/h5-7,12H,8-9,17H2,1-4H3,(H,18,19)(H,20,21). The Balaban J connectivity index is 2.69. The van der Waals surface area contributed by atoms with Gasteiger partial charge in [-0.1, -0.05) is 20.8 Å². The Hall–Kier alpha value is -2.04. The molecule has 1 unspecified atom stereocenters. The lowest BCUT2D eigenvalue weighted by Gasteiger charge is -2.23. The zero-order valence-electron chi connectivity index (χ0n) is 13.1. The molecule has 116 valence electrons. The molecular formula is C16H24N2O3. The van der Waals surface area contributed by atoms with Crippen LogP contribution in [-0.2, 0) is 4.79 Å². The van der Waals surface area contributed by atoms with Gasteiger partial charge in [-0.2, -0.15) is 0 Å². The predicted octanol–water partition coefficient (Wildman–Crippen LogP) is 2.44. The van der Waals surface area contributed by atoms with Crippen molar-refractivity contribution in [2.75, 3.05) is 12.3 Å². The van der Waals surface area contributed by atoms with Crippen molar-refractivity contribution in [2.24, 2.45) is 11.3 Å². The second kappa shape index (κ2) is 6.61. The summed E-state index contributed by atoms with van der Waals surface area (Å²) in [6, 6.07) is 5.01. The summed E-state index contributed by atoms with van der Waals surface area (Å²) in [5.74, 6) is -1.76. The predicted molar refractivity (Wildman–Crippen MR) is 83.1 cm³/mol. The van der Waals surface area contributed by atoms with Crippen molar-refractivity contribution in [3.8, 4) is 0 Å². The molecule has 0 fully saturated rings. The maximum absolute atomic E-state index is 12.1. The maximum Gasteiger partial charge on any atom is 0.308 e. The van der Waals surface area contributed by atoms with Crippen LogP contribution in [0, 0.1) is 18.3 Å². The lowest BCUT2D eigenvalue weighted by atomic mass is 9.84. The van der Waals surface area contributed by atoms with Crippen LogP contribution in [0.25, 0.3) is 0 Å². The zero-order chi connectivity index (χ0) is 16.2. The number of benzene rings is 1. The van der Waals surface area contributed by atoms with Gasteiger partial charge in [0.05, 0.1) is 5.92 Å². The first-order valence-corrected chi connectivity index (χ1v) is 6.97. The van der Waals surface area contributed by atoms with Crippen LogP contribution in [0.5, 0.6) is 0 Å². The SMILES string of the molecule is Cc1cc(C(=O)NCC(CC(C)(C)C)C(=O)O)ccc1N. The van der Waals surface area contributed by atoms with Gasteiger partial charge in [-0.25, -0.2) is 0 Å². The normalized spacial score (nSPS) is 12.8. The summed E-state index contributed by atoms with van der Waals surface area (Å²) < 4.78 is 0. The maximum atomic E-state index is 12.1. The summed E-state index contributed by atoms with van der Waals surface area (Å²) in [6.45, 7) is 7.89. The molecule has 5 heteroatoms. The first-order valence-electron chi connectivity index (χ1n) is 6.97. The molecule has 0 heterocycles. The minimum atomic E-state index is -0.890. The summed E-state index contributed by atoms with van der Waals surface area (Å²) in [4.78, 5) is 23.3. The molecule has 1 atom stereocenters. The number of nitrogen functional groups attached to an aromatic ring is 1. The highest BCUT2D eigenvalue weighted by atomic mass is 16.4. The first kappa shape index (κ1) is 17.0. The Kier molecular flexibility index (Phi) is 5.35. The van der Waals surface area contributed by atoms with E-state index in [0.29, 0.717) is 17.7 Å². The minimum Gasteiger partial charge on any atom is -0.481 e. The number of aliphatic carboxylic acids is 1. The number of amides is 1. The van der Waals surface area contributed by atoms with Gasteiger partial charge in [-0.15, -0.1) is 0 Å². The Bertz CT molecular complexity index is 533. The van der Waals surface area contributed by atoms with E-state index in [9.17, 15) is 14.7 Å². The Morgan fingerprint density at radius 2 is 1.95 bits per heavy atom. The average molecular weight is 292 g/mol. The Morgan fingerprint density at radius 1 is 1.33 bits per heavy atom. The van der Waals surface area contributed by atoms with Crippen molar-refractivity contribution in [3.63, 3.8) is 0 Å². The van der Waals surface area contributed by atoms with E-state index in [4.69, 9.17) is 5.73 Å². The summed E-state index contributed by atoms with van der Waals surface area (Å²) in [6.07, 6.45) is 0.503. The molecule has 0 radical (unpaired) electrons. The quantitative estimate of drug-likeness (QED) is 0.727. The molecule has 0 aromatic heterocycles. The third-order valence-electron chi connectivity index (χ3n) is 3.25. The number of anilines is 1. The van der Waals surface area contributed by atoms with Crippen LogP contribution in [0.3, 0.4) is 0 Å². The molecule has 1 aromatic rings. The molecule has 1 aromatic carbocycles. The van der Waals surface area contributed by atoms with E-state index in [-0.39, 0.29) is 17.9 Å². The van der Waals surface area contributed by atoms with Gasteiger partial charge in [-0.05, 0) is 42.5 Å². The topological polar surface area (TPSA) is 92.4 Å². The van der Waals surface area contributed by atoms with Crippen LogP contribution in [0.1, 0.15) is 43.1 Å². The van der Waals surface area contributed by atoms with E-state index < -0.39 is 11.9 Å². The molecule has 0 aliphatic rings. The van der Waals surface area contributed by atoms with Gasteiger partial charge in [0.2, 0.25) is 0 Å². The van der Waals surface area contributed by atoms with Crippen LogP contribution in [-0.4, -0.2) is 23.5 Å². The van der Waals surface area contributed by atoms with Gasteiger partial charge in [0.1, 0.15) is 0 Å². The highest BCUT2D eigenvalue weighted by Crippen LogP contribution is 2.24. The molecule has 0 aliphatic carbocycles. The van der Waals surface area contributed by atoms with Gasteiger partial charge in [0.25, 0.3) is 5.91 Å². The molecule has 0 spiro atoms. The van der Waals surface area contributed by atoms with Crippen molar-refractivity contribution < 1.29 is 14.7 Å². The van der Waals surface area contributed by atoms with Crippen LogP contribution in [0.4, 0.5) is 5.69 Å². The summed E-state index contributed by atoms with van der Waals surface area (Å²) in [5.41, 5.74) is 7.55. The highest BCUT2D eigenvalue weighted by Gasteiger charge is 2.25. The zero-order valence-corrected chi connectivity index (χ0v) is 13.1. The summed E-state index contributed by atoms with van der Waals surface area (Å²) in [7, 11) is 0. The van der Waals surface area contributed by atoms with E-state index in [1.54, 1.807) is 18.2 Å². The van der Waals surface area contributed by atoms with Gasteiger partial charge < -0.3 is 16.2 Å². The van der Waals surface area contributed by atoms with Gasteiger partial charge in [0.15, 0.2) is 0 Å². The number of aryl methyl sites for hydroxylation is 1. The molecular weight excluding hydrogens is 268 g/mol. The Morgan fingerprint density at radius 3 is 2.43 bits per heavy atom. The lowest BCUT2D eigenvalue weighted by molar-refractivity contribution is -0.142. The fourth-order valence-electron chi connectivity index (χ4n) is 2.12. The molecule has 0 saturated heterocycles. The molecule has 1 amide bonds. The van der Waals surface area contributed by atoms with Crippen molar-refractivity contribution in [2.45, 2.75) is 34.1 Å². The van der Waals surface area contributed by atoms with Gasteiger partial charge >= 0.3 is 5.97 Å². The van der Waals surface area contributed by atoms with Gasteiger partial charge in [0, 0.05) is 17.8 Å². The summed E-state index contributed by atoms with van der Waals surface area (Å²) in [5, 5.41) is 11.9. The number of nitrogens with two attached hydrogens (primary N) is 1. The minimum absolute atomic E-state index is 0.106. The molecule has 5 nitrogen and oxygen atoms in total. The number of nitrogens with one attached hydrogen (secondary N) is 1. The van der Waals surface area contributed by atoms with E-state index in [0.717, 1.165) is 5.56 Å². The van der Waals surface area contributed by atoms with E-state index >= 15 is 0 Å². The number of hydrogen-bond donors (Lipinski definition) is 3. The van der Waals surface area contributed by atoms with Gasteiger partial charge in [-0.3, -0.25) is 9.59 Å². The molecule has 21 heavy (non-hydrogen) atoms. The van der Waals surface area contributed by atoms with E-state index in [2.05, 4.69) is 5.32 Å². The van der Waals surface area contributed by atoms with Crippen LogP contribution >= 0.6 is 0 Å². The number of hydrogen-bond acceptors (Lipinski definition) is 3. The highest BCUT2D eigenvalue weighted by molar-refractivity contribution is 5.95. The van der Waals surface area contributed by atoms with Crippen molar-refractivity contribution in [3.05, 3.63) is 29.3 Å². The average Bonchev–Trinajstić information content (AvgIpc) is 2.35. The second-order valence-electron chi connectivity index (χ2n) is 6.58. The van der Waals surface area contributed by atoms with E-state index in [1.165, 1.54) is 0 Å².